The summed E-state index contributed by atoms with van der Waals surface area (Å²) >= 11 is 35.1. The van der Waals surface area contributed by atoms with E-state index in [1.165, 1.54) is 0 Å². The van der Waals surface area contributed by atoms with Crippen LogP contribution in [0.4, 0.5) is 0 Å². The number of hydrogen-bond donors (Lipinski definition) is 0. The number of benzene rings is 1. The molecule has 1 aromatic carbocycles. The van der Waals surface area contributed by atoms with E-state index < -0.39 is 7.59 Å². The van der Waals surface area contributed by atoms with E-state index in [1.807, 2.05) is 13.0 Å². The number of ether oxygens (including phenoxy) is 2. The third kappa shape index (κ3) is 6.41. The predicted molar refractivity (Wildman–Crippen MR) is 111 cm³/mol. The molecule has 0 fully saturated rings. The third-order valence-corrected chi connectivity index (χ3v) is 4.09. The second-order valence-corrected chi connectivity index (χ2v) is 9.58. The smallest absolute Gasteiger partial charge is 0.250 e. The van der Waals surface area contributed by atoms with Gasteiger partial charge in [0.25, 0.3) is 0 Å². The van der Waals surface area contributed by atoms with Gasteiger partial charge in [0.15, 0.2) is 29.0 Å². The Hall–Kier alpha value is -0.690. The van der Waals surface area contributed by atoms with Gasteiger partial charge in [-0.25, -0.2) is 15.0 Å². The van der Waals surface area contributed by atoms with Gasteiger partial charge in [-0.3, -0.25) is 0 Å². The summed E-state index contributed by atoms with van der Waals surface area (Å²) in [6.07, 6.45) is 3.29. The maximum atomic E-state index is 5.85. The van der Waals surface area contributed by atoms with Crippen LogP contribution in [-0.2, 0) is 7.59 Å². The number of hydrogen-bond acceptors (Lipinski definition) is 5. The zero-order chi connectivity index (χ0) is 20.2. The van der Waals surface area contributed by atoms with Crippen molar-refractivity contribution in [2.24, 2.45) is 0 Å². The van der Waals surface area contributed by atoms with Crippen LogP contribution in [0.5, 0.6) is 11.5 Å². The number of nitrogens with zero attached hydrogens (tertiary/aromatic N) is 3. The van der Waals surface area contributed by atoms with Crippen molar-refractivity contribution in [2.45, 2.75) is 14.5 Å². The molecule has 5 nitrogen and oxygen atoms in total. The van der Waals surface area contributed by atoms with E-state index >= 15 is 0 Å². The van der Waals surface area contributed by atoms with E-state index in [-0.39, 0.29) is 17.5 Å². The van der Waals surface area contributed by atoms with Crippen molar-refractivity contribution in [3.05, 3.63) is 41.2 Å². The van der Waals surface area contributed by atoms with E-state index in [0.717, 1.165) is 5.56 Å². The molecule has 146 valence electrons. The maximum absolute atomic E-state index is 5.85. The minimum atomic E-state index is -1.90. The van der Waals surface area contributed by atoms with E-state index in [9.17, 15) is 0 Å². The van der Waals surface area contributed by atoms with Gasteiger partial charge in [0, 0.05) is 0 Å². The summed E-state index contributed by atoms with van der Waals surface area (Å²) in [6.45, 7) is 2.37. The van der Waals surface area contributed by atoms with Crippen molar-refractivity contribution in [3.63, 3.8) is 0 Å². The highest BCUT2D eigenvalue weighted by Crippen LogP contribution is 2.40. The molecule has 0 spiro atoms. The van der Waals surface area contributed by atoms with Gasteiger partial charge in [-0.05, 0) is 30.7 Å². The minimum absolute atomic E-state index is 0.154. The van der Waals surface area contributed by atoms with Gasteiger partial charge in [-0.15, -0.1) is 0 Å². The lowest BCUT2D eigenvalue weighted by Crippen LogP contribution is -2.16. The molecule has 0 aliphatic carbocycles. The molecule has 0 N–H and O–H groups in total. The standard InChI is InChI=1S/C16H13Cl6N3O2/c1-3-27-11-8-9(4-6-10(11)26-2)5-7-12-23-13(15(17,18)19)25-14(24-12)16(20,21)22/h4-8H,3H2,1-2H3. The summed E-state index contributed by atoms with van der Waals surface area (Å²) in [5.41, 5.74) is 0.797. The monoisotopic (exact) mass is 489 g/mol. The van der Waals surface area contributed by atoms with Crippen molar-refractivity contribution < 1.29 is 9.47 Å². The SMILES string of the molecule is CCOc1cc(C=Cc2nc(C(Cl)(Cl)Cl)nc(C(Cl)(Cl)Cl)n2)ccc1OC. The topological polar surface area (TPSA) is 57.1 Å². The quantitative estimate of drug-likeness (QED) is 0.473. The molecule has 1 heterocycles. The molecule has 0 unspecified atom stereocenters. The van der Waals surface area contributed by atoms with Gasteiger partial charge < -0.3 is 9.47 Å². The van der Waals surface area contributed by atoms with Gasteiger partial charge >= 0.3 is 0 Å². The summed E-state index contributed by atoms with van der Waals surface area (Å²) in [7, 11) is 1.56. The van der Waals surface area contributed by atoms with Gasteiger partial charge in [0.05, 0.1) is 13.7 Å². The number of aromatic nitrogens is 3. The first kappa shape index (κ1) is 22.6. The maximum Gasteiger partial charge on any atom is 0.250 e. The molecule has 0 atom stereocenters. The molecule has 1 aromatic heterocycles. The lowest BCUT2D eigenvalue weighted by Gasteiger charge is -2.14. The molecular weight excluding hydrogens is 479 g/mol. The normalized spacial score (nSPS) is 12.4. The molecule has 2 aromatic rings. The molecule has 0 saturated heterocycles. The molecule has 0 aliphatic heterocycles. The Labute approximate surface area is 186 Å². The first-order chi connectivity index (χ1) is 12.5. The summed E-state index contributed by atoms with van der Waals surface area (Å²) in [4.78, 5) is 12.1. The van der Waals surface area contributed by atoms with E-state index in [0.29, 0.717) is 18.1 Å². The van der Waals surface area contributed by atoms with Crippen molar-refractivity contribution in [2.75, 3.05) is 13.7 Å². The molecule has 0 radical (unpaired) electrons. The largest absolute Gasteiger partial charge is 0.493 e. The molecule has 11 heteroatoms. The van der Waals surface area contributed by atoms with Crippen LogP contribution in [0.15, 0.2) is 18.2 Å². The Kier molecular flexibility index (Phi) is 7.70. The van der Waals surface area contributed by atoms with Gasteiger partial charge in [0.1, 0.15) is 0 Å². The summed E-state index contributed by atoms with van der Waals surface area (Å²) in [5, 5.41) is 0. The van der Waals surface area contributed by atoms with Crippen LogP contribution in [0.25, 0.3) is 12.2 Å². The highest BCUT2D eigenvalue weighted by atomic mass is 35.6. The Morgan fingerprint density at radius 3 is 1.96 bits per heavy atom. The van der Waals surface area contributed by atoms with E-state index in [1.54, 1.807) is 31.4 Å². The fraction of sp³-hybridized carbons (Fsp3) is 0.312. The highest BCUT2D eigenvalue weighted by Gasteiger charge is 2.33. The second kappa shape index (κ2) is 9.21. The fourth-order valence-corrected chi connectivity index (χ4v) is 2.46. The van der Waals surface area contributed by atoms with Crippen molar-refractivity contribution in [3.8, 4) is 11.5 Å². The fourth-order valence-electron chi connectivity index (χ4n) is 1.96. The third-order valence-electron chi connectivity index (χ3n) is 3.07. The average molecular weight is 492 g/mol. The molecule has 0 aliphatic rings. The Balaban J connectivity index is 2.42. The first-order valence-electron chi connectivity index (χ1n) is 7.44. The van der Waals surface area contributed by atoms with Crippen LogP contribution in [0.2, 0.25) is 0 Å². The van der Waals surface area contributed by atoms with Crippen LogP contribution in [0.1, 0.15) is 30.0 Å². The summed E-state index contributed by atoms with van der Waals surface area (Å²) in [6, 6.07) is 5.40. The van der Waals surface area contributed by atoms with Gasteiger partial charge in [-0.1, -0.05) is 81.7 Å². The van der Waals surface area contributed by atoms with Crippen LogP contribution >= 0.6 is 69.6 Å². The van der Waals surface area contributed by atoms with Gasteiger partial charge in [-0.2, -0.15) is 0 Å². The number of halogens is 6. The minimum Gasteiger partial charge on any atom is -0.493 e. The molecular formula is C16H13Cl6N3O2. The lowest BCUT2D eigenvalue weighted by atomic mass is 10.2. The second-order valence-electron chi connectivity index (χ2n) is 5.01. The highest BCUT2D eigenvalue weighted by molar-refractivity contribution is 6.67. The Morgan fingerprint density at radius 2 is 1.48 bits per heavy atom. The Morgan fingerprint density at radius 1 is 0.889 bits per heavy atom. The lowest BCUT2D eigenvalue weighted by molar-refractivity contribution is 0.311. The van der Waals surface area contributed by atoms with E-state index in [2.05, 4.69) is 15.0 Å². The Bertz CT molecular complexity index is 802. The average Bonchev–Trinajstić information content (AvgIpc) is 2.58. The number of rotatable bonds is 5. The predicted octanol–water partition coefficient (Wildman–Crippen LogP) is 6.10. The van der Waals surface area contributed by atoms with Crippen molar-refractivity contribution in [1.82, 2.24) is 15.0 Å². The molecule has 2 rings (SSSR count). The van der Waals surface area contributed by atoms with E-state index in [4.69, 9.17) is 79.1 Å². The van der Waals surface area contributed by atoms with Crippen LogP contribution in [-0.4, -0.2) is 28.7 Å². The molecule has 0 bridgehead atoms. The van der Waals surface area contributed by atoms with Crippen molar-refractivity contribution >= 4 is 81.8 Å². The van der Waals surface area contributed by atoms with Gasteiger partial charge in [0.2, 0.25) is 7.59 Å². The van der Waals surface area contributed by atoms with Crippen LogP contribution in [0, 0.1) is 0 Å². The number of methoxy groups -OCH3 is 1. The van der Waals surface area contributed by atoms with Crippen molar-refractivity contribution in [1.29, 1.82) is 0 Å². The summed E-state index contributed by atoms with van der Waals surface area (Å²) in [5.74, 6) is 1.05. The zero-order valence-electron chi connectivity index (χ0n) is 14.0. The van der Waals surface area contributed by atoms with Crippen LogP contribution < -0.4 is 9.47 Å². The summed E-state index contributed by atoms with van der Waals surface area (Å²) < 4.78 is 6.99. The molecule has 0 amide bonds. The zero-order valence-corrected chi connectivity index (χ0v) is 18.6. The van der Waals surface area contributed by atoms with Crippen LogP contribution in [0.3, 0.4) is 0 Å². The number of alkyl halides is 6. The first-order valence-corrected chi connectivity index (χ1v) is 9.70. The molecule has 27 heavy (non-hydrogen) atoms. The molecule has 0 saturated carbocycles.